The number of carbonyl (C=O) groups excluding carboxylic acids is 1. The van der Waals surface area contributed by atoms with E-state index in [1.54, 1.807) is 12.1 Å². The molecule has 4 nitrogen and oxygen atoms in total. The fraction of sp³-hybridized carbons (Fsp3) is 0.200. The molecule has 4 heteroatoms. The second-order valence-electron chi connectivity index (χ2n) is 6.74. The highest BCUT2D eigenvalue weighted by Crippen LogP contribution is 2.24. The Kier molecular flexibility index (Phi) is 7.02. The number of aryl methyl sites for hydroxylation is 2. The summed E-state index contributed by atoms with van der Waals surface area (Å²) in [6.07, 6.45) is 2.12. The highest BCUT2D eigenvalue weighted by atomic mass is 16.5. The molecule has 0 unspecified atom stereocenters. The highest BCUT2D eigenvalue weighted by molar-refractivity contribution is 5.89. The van der Waals surface area contributed by atoms with Crippen LogP contribution in [-0.4, -0.2) is 13.1 Å². The molecule has 146 valence electrons. The minimum atomic E-state index is -0.353. The molecule has 3 rings (SSSR count). The van der Waals surface area contributed by atoms with Gasteiger partial charge in [-0.3, -0.25) is 0 Å². The normalized spacial score (nSPS) is 10.2. The Morgan fingerprint density at radius 2 is 1.62 bits per heavy atom. The standard InChI is InChI=1S/C25H23NO3/c1-28-25(27)22-11-8-21(9-12-22)18-29-24-14-10-20(15-16-26)17-23(24)13-7-19-5-3-2-4-6-19/h2-6,8-12,14,17H,7,13,15,18H2,1H3. The Labute approximate surface area is 171 Å². The van der Waals surface area contributed by atoms with Crippen LogP contribution in [0.1, 0.15) is 32.6 Å². The molecule has 3 aromatic rings. The molecule has 0 aromatic heterocycles. The lowest BCUT2D eigenvalue weighted by molar-refractivity contribution is 0.0600. The average Bonchev–Trinajstić information content (AvgIpc) is 2.77. The van der Waals surface area contributed by atoms with Gasteiger partial charge in [-0.05, 0) is 53.3 Å². The van der Waals surface area contributed by atoms with Gasteiger partial charge >= 0.3 is 5.97 Å². The van der Waals surface area contributed by atoms with Crippen molar-refractivity contribution in [1.29, 1.82) is 5.26 Å². The van der Waals surface area contributed by atoms with E-state index in [4.69, 9.17) is 14.7 Å². The van der Waals surface area contributed by atoms with E-state index in [-0.39, 0.29) is 5.97 Å². The quantitative estimate of drug-likeness (QED) is 0.517. The molecular weight excluding hydrogens is 362 g/mol. The van der Waals surface area contributed by atoms with Crippen LogP contribution in [0, 0.1) is 11.3 Å². The maximum atomic E-state index is 11.5. The topological polar surface area (TPSA) is 59.3 Å². The molecule has 0 N–H and O–H groups in total. The van der Waals surface area contributed by atoms with Crippen LogP contribution in [0.25, 0.3) is 0 Å². The van der Waals surface area contributed by atoms with Crippen molar-refractivity contribution in [2.24, 2.45) is 0 Å². The number of hydrogen-bond donors (Lipinski definition) is 0. The van der Waals surface area contributed by atoms with Crippen molar-refractivity contribution in [2.45, 2.75) is 25.9 Å². The maximum absolute atomic E-state index is 11.5. The highest BCUT2D eigenvalue weighted by Gasteiger charge is 2.08. The second-order valence-corrected chi connectivity index (χ2v) is 6.74. The first-order valence-electron chi connectivity index (χ1n) is 9.52. The molecule has 0 aliphatic heterocycles. The predicted octanol–water partition coefficient (Wildman–Crippen LogP) is 4.90. The van der Waals surface area contributed by atoms with Gasteiger partial charge in [0.1, 0.15) is 12.4 Å². The summed E-state index contributed by atoms with van der Waals surface area (Å²) >= 11 is 0. The summed E-state index contributed by atoms with van der Waals surface area (Å²) in [5.74, 6) is 0.466. The number of nitriles is 1. The lowest BCUT2D eigenvalue weighted by atomic mass is 10.0. The van der Waals surface area contributed by atoms with Crippen molar-refractivity contribution >= 4 is 5.97 Å². The first-order chi connectivity index (χ1) is 14.2. The van der Waals surface area contributed by atoms with Gasteiger partial charge in [0.2, 0.25) is 0 Å². The summed E-state index contributed by atoms with van der Waals surface area (Å²) in [7, 11) is 1.37. The van der Waals surface area contributed by atoms with Gasteiger partial charge in [0.05, 0.1) is 25.2 Å². The van der Waals surface area contributed by atoms with Gasteiger partial charge in [-0.15, -0.1) is 0 Å². The van der Waals surface area contributed by atoms with E-state index in [9.17, 15) is 4.79 Å². The zero-order valence-corrected chi connectivity index (χ0v) is 16.4. The van der Waals surface area contributed by atoms with Crippen molar-refractivity contribution in [2.75, 3.05) is 7.11 Å². The van der Waals surface area contributed by atoms with Gasteiger partial charge in [0.15, 0.2) is 0 Å². The van der Waals surface area contributed by atoms with E-state index in [2.05, 4.69) is 24.3 Å². The summed E-state index contributed by atoms with van der Waals surface area (Å²) < 4.78 is 10.8. The summed E-state index contributed by atoms with van der Waals surface area (Å²) in [6.45, 7) is 0.400. The van der Waals surface area contributed by atoms with E-state index in [1.807, 2.05) is 42.5 Å². The molecule has 0 aliphatic carbocycles. The van der Waals surface area contributed by atoms with Crippen LogP contribution < -0.4 is 4.74 Å². The van der Waals surface area contributed by atoms with Crippen LogP contribution in [0.5, 0.6) is 5.75 Å². The molecule has 0 amide bonds. The average molecular weight is 385 g/mol. The van der Waals surface area contributed by atoms with Gasteiger partial charge in [0.25, 0.3) is 0 Å². The van der Waals surface area contributed by atoms with Crippen LogP contribution in [0.4, 0.5) is 0 Å². The molecule has 0 radical (unpaired) electrons. The second kappa shape index (κ2) is 10.1. The van der Waals surface area contributed by atoms with Crippen molar-refractivity contribution in [3.05, 3.63) is 101 Å². The predicted molar refractivity (Wildman–Crippen MR) is 112 cm³/mol. The van der Waals surface area contributed by atoms with Crippen molar-refractivity contribution in [1.82, 2.24) is 0 Å². The largest absolute Gasteiger partial charge is 0.489 e. The lowest BCUT2D eigenvalue weighted by Crippen LogP contribution is -2.03. The molecular formula is C25H23NO3. The summed E-state index contributed by atoms with van der Waals surface area (Å²) in [5, 5.41) is 9.00. The summed E-state index contributed by atoms with van der Waals surface area (Å²) in [6, 6.07) is 25.6. The SMILES string of the molecule is COC(=O)c1ccc(COc2ccc(CC#N)cc2CCc2ccccc2)cc1. The van der Waals surface area contributed by atoms with Gasteiger partial charge in [-0.2, -0.15) is 5.26 Å². The minimum absolute atomic E-state index is 0.353. The van der Waals surface area contributed by atoms with Gasteiger partial charge in [-0.25, -0.2) is 4.79 Å². The summed E-state index contributed by atoms with van der Waals surface area (Å²) in [5.41, 5.74) is 4.83. The van der Waals surface area contributed by atoms with E-state index in [0.29, 0.717) is 18.6 Å². The van der Waals surface area contributed by atoms with Crippen molar-refractivity contribution in [3.8, 4) is 11.8 Å². The number of nitrogens with zero attached hydrogens (tertiary/aromatic N) is 1. The maximum Gasteiger partial charge on any atom is 0.337 e. The van der Waals surface area contributed by atoms with Crippen LogP contribution >= 0.6 is 0 Å². The Hall–Kier alpha value is -3.58. The van der Waals surface area contributed by atoms with Crippen LogP contribution in [0.15, 0.2) is 72.8 Å². The Morgan fingerprint density at radius 1 is 0.897 bits per heavy atom. The van der Waals surface area contributed by atoms with Gasteiger partial charge in [0, 0.05) is 0 Å². The van der Waals surface area contributed by atoms with E-state index >= 15 is 0 Å². The lowest BCUT2D eigenvalue weighted by Gasteiger charge is -2.13. The van der Waals surface area contributed by atoms with E-state index < -0.39 is 0 Å². The van der Waals surface area contributed by atoms with Crippen molar-refractivity contribution in [3.63, 3.8) is 0 Å². The number of esters is 1. The number of hydrogen-bond acceptors (Lipinski definition) is 4. The van der Waals surface area contributed by atoms with Crippen LogP contribution in [-0.2, 0) is 30.6 Å². The fourth-order valence-corrected chi connectivity index (χ4v) is 3.11. The molecule has 0 heterocycles. The molecule has 0 bridgehead atoms. The van der Waals surface area contributed by atoms with Crippen LogP contribution in [0.3, 0.4) is 0 Å². The third kappa shape index (κ3) is 5.70. The molecule has 0 atom stereocenters. The van der Waals surface area contributed by atoms with E-state index in [1.165, 1.54) is 12.7 Å². The third-order valence-electron chi connectivity index (χ3n) is 4.70. The Balaban J connectivity index is 1.71. The zero-order valence-electron chi connectivity index (χ0n) is 16.4. The molecule has 0 fully saturated rings. The first-order valence-corrected chi connectivity index (χ1v) is 9.52. The Bertz CT molecular complexity index is 989. The van der Waals surface area contributed by atoms with Gasteiger partial charge < -0.3 is 9.47 Å². The van der Waals surface area contributed by atoms with Crippen molar-refractivity contribution < 1.29 is 14.3 Å². The smallest absolute Gasteiger partial charge is 0.337 e. The fourth-order valence-electron chi connectivity index (χ4n) is 3.11. The number of ether oxygens (including phenoxy) is 2. The number of carbonyl (C=O) groups is 1. The Morgan fingerprint density at radius 3 is 2.31 bits per heavy atom. The molecule has 0 saturated heterocycles. The minimum Gasteiger partial charge on any atom is -0.489 e. The molecule has 0 aliphatic rings. The first kappa shape index (κ1) is 20.2. The van der Waals surface area contributed by atoms with Gasteiger partial charge in [-0.1, -0.05) is 54.6 Å². The molecule has 0 spiro atoms. The summed E-state index contributed by atoms with van der Waals surface area (Å²) in [4.78, 5) is 11.5. The monoisotopic (exact) mass is 385 g/mol. The van der Waals surface area contributed by atoms with Crippen LogP contribution in [0.2, 0.25) is 0 Å². The third-order valence-corrected chi connectivity index (χ3v) is 4.70. The zero-order chi connectivity index (χ0) is 20.5. The number of benzene rings is 3. The van der Waals surface area contributed by atoms with E-state index in [0.717, 1.165) is 35.3 Å². The number of rotatable bonds is 8. The molecule has 29 heavy (non-hydrogen) atoms. The molecule has 0 saturated carbocycles. The molecule has 3 aromatic carbocycles. The number of methoxy groups -OCH3 is 1.